The van der Waals surface area contributed by atoms with Gasteiger partial charge in [-0.25, -0.2) is 17.6 Å². The molecule has 0 saturated heterocycles. The van der Waals surface area contributed by atoms with Crippen LogP contribution in [0.1, 0.15) is 29.9 Å². The van der Waals surface area contributed by atoms with E-state index in [2.05, 4.69) is 10.3 Å². The number of ether oxygens (including phenoxy) is 1. The summed E-state index contributed by atoms with van der Waals surface area (Å²) >= 11 is 0. The number of amides is 1. The fraction of sp³-hybridized carbons (Fsp3) is 0.227. The van der Waals surface area contributed by atoms with Gasteiger partial charge in [0, 0.05) is 24.7 Å². The molecule has 0 fully saturated rings. The Morgan fingerprint density at radius 2 is 1.97 bits per heavy atom. The molecule has 0 saturated carbocycles. The van der Waals surface area contributed by atoms with Crippen LogP contribution in [0.2, 0.25) is 0 Å². The molecule has 1 heterocycles. The van der Waals surface area contributed by atoms with Gasteiger partial charge in [-0.3, -0.25) is 0 Å². The van der Waals surface area contributed by atoms with Crippen LogP contribution in [0, 0.1) is 5.82 Å². The van der Waals surface area contributed by atoms with E-state index in [1.54, 1.807) is 36.5 Å². The summed E-state index contributed by atoms with van der Waals surface area (Å²) in [7, 11) is -3.80. The molecule has 4 rings (SSSR count). The van der Waals surface area contributed by atoms with Gasteiger partial charge in [-0.15, -0.1) is 0 Å². The van der Waals surface area contributed by atoms with Crippen molar-refractivity contribution in [3.63, 3.8) is 0 Å². The number of aromatic amines is 1. The molecule has 0 spiro atoms. The second-order valence-corrected chi connectivity index (χ2v) is 9.17. The molecule has 30 heavy (non-hydrogen) atoms. The fourth-order valence-electron chi connectivity index (χ4n) is 3.76. The van der Waals surface area contributed by atoms with Crippen LogP contribution in [0.15, 0.2) is 70.6 Å². The van der Waals surface area contributed by atoms with Gasteiger partial charge < -0.3 is 15.0 Å². The molecular weight excluding hydrogens is 407 g/mol. The van der Waals surface area contributed by atoms with Crippen LogP contribution in [0.3, 0.4) is 0 Å². The lowest BCUT2D eigenvalue weighted by Gasteiger charge is -2.26. The van der Waals surface area contributed by atoms with Crippen LogP contribution in [-0.2, 0) is 16.3 Å². The molecule has 3 aromatic rings. The first-order chi connectivity index (χ1) is 14.4. The summed E-state index contributed by atoms with van der Waals surface area (Å²) in [5.74, 6) is -0.161. The number of hydrogen-bond acceptors (Lipinski definition) is 4. The van der Waals surface area contributed by atoms with E-state index in [4.69, 9.17) is 4.74 Å². The average Bonchev–Trinajstić information content (AvgIpc) is 3.24. The minimum atomic E-state index is -3.80. The largest absolute Gasteiger partial charge is 0.413 e. The normalized spacial score (nSPS) is 16.0. The third-order valence-electron chi connectivity index (χ3n) is 5.23. The summed E-state index contributed by atoms with van der Waals surface area (Å²) in [6.45, 7) is 0.391. The van der Waals surface area contributed by atoms with Crippen molar-refractivity contribution in [2.24, 2.45) is 0 Å². The van der Waals surface area contributed by atoms with E-state index >= 15 is 0 Å². The molecule has 2 N–H and O–H groups in total. The van der Waals surface area contributed by atoms with Crippen molar-refractivity contribution >= 4 is 15.9 Å². The van der Waals surface area contributed by atoms with Crippen molar-refractivity contribution in [3.8, 4) is 5.88 Å². The first-order valence-corrected chi connectivity index (χ1v) is 11.1. The second-order valence-electron chi connectivity index (χ2n) is 7.22. The average molecular weight is 428 g/mol. The molecule has 156 valence electrons. The Bertz CT molecular complexity index is 1160. The van der Waals surface area contributed by atoms with Gasteiger partial charge in [0.2, 0.25) is 15.7 Å². The molecule has 1 aliphatic rings. The highest BCUT2D eigenvalue weighted by Gasteiger charge is 2.25. The van der Waals surface area contributed by atoms with E-state index in [1.807, 2.05) is 0 Å². The van der Waals surface area contributed by atoms with E-state index in [-0.39, 0.29) is 15.7 Å². The lowest BCUT2D eigenvalue weighted by atomic mass is 9.83. The monoisotopic (exact) mass is 428 g/mol. The molecular formula is C22H21FN2O4S. The smallest absolute Gasteiger partial charge is 0.393 e. The van der Waals surface area contributed by atoms with E-state index < -0.39 is 21.7 Å². The van der Waals surface area contributed by atoms with Crippen LogP contribution in [0.25, 0.3) is 0 Å². The quantitative estimate of drug-likeness (QED) is 0.638. The maximum Gasteiger partial charge on any atom is 0.413 e. The zero-order valence-electron chi connectivity index (χ0n) is 16.1. The Labute approximate surface area is 174 Å². The number of aryl methyl sites for hydroxylation is 1. The summed E-state index contributed by atoms with van der Waals surface area (Å²) in [4.78, 5) is 14.8. The summed E-state index contributed by atoms with van der Waals surface area (Å²) in [5.41, 5.74) is 1.95. The molecule has 1 atom stereocenters. The van der Waals surface area contributed by atoms with Gasteiger partial charge in [0.1, 0.15) is 5.82 Å². The fourth-order valence-corrected chi connectivity index (χ4v) is 5.10. The Morgan fingerprint density at radius 1 is 1.13 bits per heavy atom. The number of carbonyl (C=O) groups is 1. The molecule has 6 nitrogen and oxygen atoms in total. The predicted molar refractivity (Wildman–Crippen MR) is 109 cm³/mol. The van der Waals surface area contributed by atoms with Crippen LogP contribution in [-0.4, -0.2) is 26.0 Å². The number of hydrogen-bond donors (Lipinski definition) is 2. The van der Waals surface area contributed by atoms with Crippen molar-refractivity contribution in [2.75, 3.05) is 6.54 Å². The zero-order valence-corrected chi connectivity index (χ0v) is 16.9. The van der Waals surface area contributed by atoms with Crippen molar-refractivity contribution in [1.29, 1.82) is 0 Å². The Balaban J connectivity index is 1.50. The second kappa shape index (κ2) is 8.31. The predicted octanol–water partition coefficient (Wildman–Crippen LogP) is 4.20. The topological polar surface area (TPSA) is 88.3 Å². The lowest BCUT2D eigenvalue weighted by molar-refractivity contribution is 0.197. The van der Waals surface area contributed by atoms with Crippen molar-refractivity contribution in [3.05, 3.63) is 77.7 Å². The lowest BCUT2D eigenvalue weighted by Crippen LogP contribution is -2.32. The van der Waals surface area contributed by atoms with Gasteiger partial charge in [0.25, 0.3) is 0 Å². The number of nitrogens with one attached hydrogen (secondary N) is 2. The first kappa shape index (κ1) is 20.2. The van der Waals surface area contributed by atoms with E-state index in [9.17, 15) is 17.6 Å². The maximum atomic E-state index is 13.5. The number of fused-ring (bicyclic) bond motifs is 1. The Hall–Kier alpha value is -3.13. The Kier molecular flexibility index (Phi) is 5.59. The van der Waals surface area contributed by atoms with Crippen LogP contribution in [0.4, 0.5) is 9.18 Å². The maximum absolute atomic E-state index is 13.5. The minimum absolute atomic E-state index is 0.0656. The van der Waals surface area contributed by atoms with Crippen LogP contribution >= 0.6 is 0 Å². The molecule has 2 aromatic carbocycles. The van der Waals surface area contributed by atoms with Gasteiger partial charge in [-0.2, -0.15) is 0 Å². The van der Waals surface area contributed by atoms with Crippen molar-refractivity contribution in [1.82, 2.24) is 10.3 Å². The summed E-state index contributed by atoms with van der Waals surface area (Å²) in [5, 5.41) is 2.77. The summed E-state index contributed by atoms with van der Waals surface area (Å²) in [6, 6.07) is 13.4. The third-order valence-corrected chi connectivity index (χ3v) is 6.98. The molecule has 0 unspecified atom stereocenters. The SMILES string of the molecule is O=C(NC[C@@H]1CCCc2cc(S(=O)(=O)c3cccc(F)c3)ccc21)Oc1ccc[nH]1. The van der Waals surface area contributed by atoms with E-state index in [1.165, 1.54) is 18.2 Å². The number of sulfone groups is 1. The number of aromatic nitrogens is 1. The Morgan fingerprint density at radius 3 is 2.73 bits per heavy atom. The molecule has 1 aromatic heterocycles. The molecule has 1 aliphatic carbocycles. The molecule has 0 bridgehead atoms. The van der Waals surface area contributed by atoms with Crippen molar-refractivity contribution in [2.45, 2.75) is 35.0 Å². The first-order valence-electron chi connectivity index (χ1n) is 9.66. The number of H-pyrrole nitrogens is 1. The van der Waals surface area contributed by atoms with E-state index in [0.29, 0.717) is 12.4 Å². The standard InChI is InChI=1S/C22H21FN2O4S/c23-17-6-2-7-18(13-17)30(27,28)19-9-10-20-15(12-19)4-1-5-16(20)14-25-22(26)29-21-8-3-11-24-21/h2-3,6-13,16,24H,1,4-5,14H2,(H,25,26)/t16-/m0/s1. The van der Waals surface area contributed by atoms with Gasteiger partial charge in [0.05, 0.1) is 9.79 Å². The highest BCUT2D eigenvalue weighted by molar-refractivity contribution is 7.91. The van der Waals surface area contributed by atoms with Gasteiger partial charge in [-0.05, 0) is 66.8 Å². The third kappa shape index (κ3) is 4.23. The molecule has 1 amide bonds. The zero-order chi connectivity index (χ0) is 21.1. The van der Waals surface area contributed by atoms with Crippen molar-refractivity contribution < 1.29 is 22.3 Å². The number of halogens is 1. The van der Waals surface area contributed by atoms with Gasteiger partial charge >= 0.3 is 6.09 Å². The summed E-state index contributed by atoms with van der Waals surface area (Å²) < 4.78 is 44.4. The van der Waals surface area contributed by atoms with Gasteiger partial charge in [-0.1, -0.05) is 12.1 Å². The molecule has 8 heteroatoms. The van der Waals surface area contributed by atoms with E-state index in [0.717, 1.165) is 36.5 Å². The van der Waals surface area contributed by atoms with Gasteiger partial charge in [0.15, 0.2) is 0 Å². The van der Waals surface area contributed by atoms with Crippen LogP contribution < -0.4 is 10.1 Å². The molecule has 0 aliphatic heterocycles. The number of benzene rings is 2. The minimum Gasteiger partial charge on any atom is -0.393 e. The van der Waals surface area contributed by atoms with Crippen LogP contribution in [0.5, 0.6) is 5.88 Å². The number of rotatable bonds is 5. The number of carbonyl (C=O) groups excluding carboxylic acids is 1. The highest BCUT2D eigenvalue weighted by Crippen LogP contribution is 2.34. The highest BCUT2D eigenvalue weighted by atomic mass is 32.2. The molecule has 0 radical (unpaired) electrons. The summed E-state index contributed by atoms with van der Waals surface area (Å²) in [6.07, 6.45) is 3.64.